The van der Waals surface area contributed by atoms with Gasteiger partial charge in [-0.25, -0.2) is 4.99 Å². The van der Waals surface area contributed by atoms with Crippen LogP contribution in [0.3, 0.4) is 0 Å². The number of guanidine groups is 1. The quantitative estimate of drug-likeness (QED) is 0.272. The average Bonchev–Trinajstić information content (AvgIpc) is 3.00. The molecular weight excluding hydrogens is 503 g/mol. The van der Waals surface area contributed by atoms with Gasteiger partial charge in [-0.3, -0.25) is 9.58 Å². The molecule has 0 aliphatic heterocycles. The second-order valence-electron chi connectivity index (χ2n) is 7.36. The summed E-state index contributed by atoms with van der Waals surface area (Å²) in [6.45, 7) is 14.7. The van der Waals surface area contributed by atoms with Crippen molar-refractivity contribution < 1.29 is 4.74 Å². The first-order chi connectivity index (χ1) is 14.4. The van der Waals surface area contributed by atoms with Crippen LogP contribution in [-0.2, 0) is 13.6 Å². The summed E-state index contributed by atoms with van der Waals surface area (Å²) < 4.78 is 7.36. The Hall–Kier alpha value is -1.81. The minimum absolute atomic E-state index is 0. The Balaban J connectivity index is 0.00000480. The zero-order chi connectivity index (χ0) is 22.1. The van der Waals surface area contributed by atoms with Gasteiger partial charge in [0.25, 0.3) is 0 Å². The van der Waals surface area contributed by atoms with Crippen LogP contribution in [0.5, 0.6) is 5.75 Å². The van der Waals surface area contributed by atoms with Gasteiger partial charge in [-0.1, -0.05) is 26.0 Å². The van der Waals surface area contributed by atoms with Gasteiger partial charge in [-0.15, -0.1) is 24.0 Å². The fraction of sp³-hybridized carbons (Fsp3) is 0.565. The fourth-order valence-electron chi connectivity index (χ4n) is 3.71. The molecule has 2 aromatic rings. The zero-order valence-corrected chi connectivity index (χ0v) is 22.4. The molecule has 1 atom stereocenters. The highest BCUT2D eigenvalue weighted by Gasteiger charge is 2.19. The van der Waals surface area contributed by atoms with Gasteiger partial charge in [0.05, 0.1) is 25.4 Å². The van der Waals surface area contributed by atoms with E-state index in [1.54, 1.807) is 7.11 Å². The number of benzene rings is 1. The zero-order valence-electron chi connectivity index (χ0n) is 20.0. The molecule has 0 spiro atoms. The molecule has 174 valence electrons. The minimum atomic E-state index is 0. The third-order valence-electron chi connectivity index (χ3n) is 5.59. The second-order valence-corrected chi connectivity index (χ2v) is 7.36. The molecule has 0 amide bonds. The van der Waals surface area contributed by atoms with Crippen LogP contribution in [0.15, 0.2) is 29.3 Å². The van der Waals surface area contributed by atoms with Gasteiger partial charge in [-0.05, 0) is 51.6 Å². The largest absolute Gasteiger partial charge is 0.497 e. The number of nitrogens with zero attached hydrogens (tertiary/aromatic N) is 4. The molecule has 0 saturated heterocycles. The number of hydrogen-bond acceptors (Lipinski definition) is 4. The van der Waals surface area contributed by atoms with Crippen molar-refractivity contribution in [1.29, 1.82) is 0 Å². The Morgan fingerprint density at radius 1 is 1.19 bits per heavy atom. The van der Waals surface area contributed by atoms with Crippen molar-refractivity contribution in [1.82, 2.24) is 25.3 Å². The lowest BCUT2D eigenvalue weighted by Gasteiger charge is -2.31. The van der Waals surface area contributed by atoms with Crippen molar-refractivity contribution in [2.75, 3.05) is 33.3 Å². The Morgan fingerprint density at radius 2 is 1.90 bits per heavy atom. The third kappa shape index (κ3) is 7.38. The van der Waals surface area contributed by atoms with Crippen molar-refractivity contribution in [3.05, 3.63) is 46.8 Å². The summed E-state index contributed by atoms with van der Waals surface area (Å²) >= 11 is 0. The number of aryl methyl sites for hydroxylation is 2. The smallest absolute Gasteiger partial charge is 0.191 e. The summed E-state index contributed by atoms with van der Waals surface area (Å²) in [4.78, 5) is 7.27. The minimum Gasteiger partial charge on any atom is -0.497 e. The molecule has 0 bridgehead atoms. The molecule has 0 radical (unpaired) electrons. The first kappa shape index (κ1) is 27.2. The maximum Gasteiger partial charge on any atom is 0.191 e. The van der Waals surface area contributed by atoms with Crippen LogP contribution < -0.4 is 15.4 Å². The van der Waals surface area contributed by atoms with Crippen LogP contribution in [0, 0.1) is 13.8 Å². The lowest BCUT2D eigenvalue weighted by atomic mass is 10.0. The van der Waals surface area contributed by atoms with E-state index in [0.29, 0.717) is 6.54 Å². The van der Waals surface area contributed by atoms with Crippen molar-refractivity contribution in [2.45, 2.75) is 47.2 Å². The van der Waals surface area contributed by atoms with Crippen LogP contribution in [-0.4, -0.2) is 53.9 Å². The third-order valence-corrected chi connectivity index (χ3v) is 5.59. The lowest BCUT2D eigenvalue weighted by molar-refractivity contribution is 0.218. The Morgan fingerprint density at radius 3 is 2.45 bits per heavy atom. The molecule has 1 aromatic heterocycles. The number of likely N-dealkylation sites (N-methyl/N-ethyl adjacent to an activating group) is 1. The van der Waals surface area contributed by atoms with Crippen molar-refractivity contribution >= 4 is 29.9 Å². The Labute approximate surface area is 204 Å². The number of hydrogen-bond donors (Lipinski definition) is 2. The topological polar surface area (TPSA) is 66.7 Å². The molecule has 0 fully saturated rings. The molecule has 7 nitrogen and oxygen atoms in total. The molecule has 8 heteroatoms. The predicted molar refractivity (Wildman–Crippen MR) is 140 cm³/mol. The van der Waals surface area contributed by atoms with Crippen LogP contribution in [0.1, 0.15) is 49.3 Å². The maximum atomic E-state index is 5.45. The highest BCUT2D eigenvalue weighted by atomic mass is 127. The normalized spacial score (nSPS) is 12.5. The van der Waals surface area contributed by atoms with E-state index in [-0.39, 0.29) is 30.0 Å². The standard InChI is InChI=1S/C23H38N6O.HI/c1-8-24-23(25-15-21-17(4)27-28(6)18(21)5)26-16-22(29(9-2)10-3)19-12-11-13-20(14-19)30-7;/h11-14,22H,8-10,15-16H2,1-7H3,(H2,24,25,26);1H. The molecule has 2 rings (SSSR count). The summed E-state index contributed by atoms with van der Waals surface area (Å²) in [5.41, 5.74) is 4.61. The monoisotopic (exact) mass is 542 g/mol. The predicted octanol–water partition coefficient (Wildman–Crippen LogP) is 3.80. The number of nitrogens with one attached hydrogen (secondary N) is 2. The van der Waals surface area contributed by atoms with Crippen molar-refractivity contribution in [2.24, 2.45) is 12.0 Å². The van der Waals surface area contributed by atoms with Crippen molar-refractivity contribution in [3.8, 4) is 5.75 Å². The van der Waals surface area contributed by atoms with E-state index >= 15 is 0 Å². The highest BCUT2D eigenvalue weighted by molar-refractivity contribution is 14.0. The van der Waals surface area contributed by atoms with Gasteiger partial charge < -0.3 is 15.4 Å². The molecular formula is C23H39IN6O. The molecule has 1 aromatic carbocycles. The van der Waals surface area contributed by atoms with E-state index in [2.05, 4.69) is 66.5 Å². The number of halogens is 1. The fourth-order valence-corrected chi connectivity index (χ4v) is 3.71. The molecule has 31 heavy (non-hydrogen) atoms. The highest BCUT2D eigenvalue weighted by Crippen LogP contribution is 2.23. The summed E-state index contributed by atoms with van der Waals surface area (Å²) in [6.07, 6.45) is 0. The van der Waals surface area contributed by atoms with Gasteiger partial charge in [0.15, 0.2) is 5.96 Å². The van der Waals surface area contributed by atoms with Crippen LogP contribution in [0.4, 0.5) is 0 Å². The number of aliphatic imine (C=N–C) groups is 1. The summed E-state index contributed by atoms with van der Waals surface area (Å²) in [5, 5.41) is 11.4. The Kier molecular flexibility index (Phi) is 11.9. The van der Waals surface area contributed by atoms with E-state index in [1.807, 2.05) is 24.7 Å². The van der Waals surface area contributed by atoms with Crippen LogP contribution in [0.25, 0.3) is 0 Å². The number of aromatic nitrogens is 2. The van der Waals surface area contributed by atoms with Gasteiger partial charge in [0.1, 0.15) is 5.75 Å². The number of methoxy groups -OCH3 is 1. The first-order valence-corrected chi connectivity index (χ1v) is 10.8. The number of rotatable bonds is 10. The maximum absolute atomic E-state index is 5.45. The van der Waals surface area contributed by atoms with Gasteiger partial charge in [0.2, 0.25) is 0 Å². The lowest BCUT2D eigenvalue weighted by Crippen LogP contribution is -2.43. The summed E-state index contributed by atoms with van der Waals surface area (Å²) in [7, 11) is 3.68. The molecule has 0 aliphatic rings. The average molecular weight is 543 g/mol. The van der Waals surface area contributed by atoms with Gasteiger partial charge in [0, 0.05) is 31.4 Å². The van der Waals surface area contributed by atoms with E-state index in [9.17, 15) is 0 Å². The molecule has 0 aliphatic carbocycles. The van der Waals surface area contributed by atoms with Gasteiger partial charge in [-0.2, -0.15) is 5.10 Å². The summed E-state index contributed by atoms with van der Waals surface area (Å²) in [6, 6.07) is 8.55. The van der Waals surface area contributed by atoms with Crippen LogP contribution >= 0.6 is 24.0 Å². The number of ether oxygens (including phenoxy) is 1. The van der Waals surface area contributed by atoms with E-state index < -0.39 is 0 Å². The van der Waals surface area contributed by atoms with E-state index in [1.165, 1.54) is 11.1 Å². The molecule has 1 unspecified atom stereocenters. The SMILES string of the molecule is CCNC(=NCc1c(C)nn(C)c1C)NCC(c1cccc(OC)c1)N(CC)CC.I. The van der Waals surface area contributed by atoms with Crippen molar-refractivity contribution in [3.63, 3.8) is 0 Å². The van der Waals surface area contributed by atoms with E-state index in [4.69, 9.17) is 9.73 Å². The molecule has 1 heterocycles. The van der Waals surface area contributed by atoms with E-state index in [0.717, 1.165) is 49.3 Å². The molecule has 0 saturated carbocycles. The Bertz CT molecular complexity index is 831. The first-order valence-electron chi connectivity index (χ1n) is 10.8. The molecule has 2 N–H and O–H groups in total. The second kappa shape index (κ2) is 13.6. The van der Waals surface area contributed by atoms with Crippen LogP contribution in [0.2, 0.25) is 0 Å². The summed E-state index contributed by atoms with van der Waals surface area (Å²) in [5.74, 6) is 1.70. The van der Waals surface area contributed by atoms with Gasteiger partial charge >= 0.3 is 0 Å².